The van der Waals surface area contributed by atoms with Crippen LogP contribution in [0.25, 0.3) is 0 Å². The van der Waals surface area contributed by atoms with Crippen molar-refractivity contribution in [3.63, 3.8) is 0 Å². The maximum Gasteiger partial charge on any atom is 1.00 e. The topological polar surface area (TPSA) is 150 Å². The maximum atomic E-state index is 10.7. The van der Waals surface area contributed by atoms with Gasteiger partial charge in [-0.1, -0.05) is 4.32 Å². The molecule has 0 atom stereocenters. The smallest absolute Gasteiger partial charge is 0.808 e. The zero-order chi connectivity index (χ0) is 14.1. The monoisotopic (exact) mass is 435 g/mol. The van der Waals surface area contributed by atoms with Crippen LogP contribution in [-0.4, -0.2) is 33.0 Å². The molecule has 0 saturated carbocycles. The van der Waals surface area contributed by atoms with Crippen LogP contribution in [0.4, 0.5) is 0 Å². The second kappa shape index (κ2) is 17.2. The van der Waals surface area contributed by atoms with Gasteiger partial charge in [-0.05, 0) is 15.2 Å². The van der Waals surface area contributed by atoms with Gasteiger partial charge < -0.3 is 63.6 Å². The van der Waals surface area contributed by atoms with E-state index in [1.807, 2.05) is 0 Å². The van der Waals surface area contributed by atoms with E-state index in [-0.39, 0.29) is 152 Å². The van der Waals surface area contributed by atoms with Crippen molar-refractivity contribution in [2.24, 2.45) is 0 Å². The van der Waals surface area contributed by atoms with E-state index in [1.165, 1.54) is 7.05 Å². The van der Waals surface area contributed by atoms with E-state index < -0.39 is 33.2 Å². The molecule has 0 radical (unpaired) electrons. The van der Waals surface area contributed by atoms with Crippen molar-refractivity contribution >= 4 is 44.4 Å². The summed E-state index contributed by atoms with van der Waals surface area (Å²) in [7, 11) is -10.8. The summed E-state index contributed by atoms with van der Waals surface area (Å²) in [4.78, 5) is 43.7. The first-order valence-electron chi connectivity index (χ1n) is 4.02. The Hall–Kier alpha value is 5.37. The van der Waals surface area contributed by atoms with Gasteiger partial charge in [0.2, 0.25) is 0 Å². The molecule has 17 heteroatoms. The molecule has 0 rings (SSSR count). The summed E-state index contributed by atoms with van der Waals surface area (Å²) in [6.07, 6.45) is -1.12. The van der Waals surface area contributed by atoms with Crippen molar-refractivity contribution in [3.05, 3.63) is 0 Å². The van der Waals surface area contributed by atoms with E-state index in [0.29, 0.717) is 0 Å². The van der Waals surface area contributed by atoms with Crippen LogP contribution < -0.4 is 167 Å². The van der Waals surface area contributed by atoms with Gasteiger partial charge in [-0.2, -0.15) is 0 Å². The quantitative estimate of drug-likeness (QED) is 0.191. The minimum Gasteiger partial charge on any atom is -0.808 e. The van der Waals surface area contributed by atoms with Gasteiger partial charge in [0.05, 0.1) is 0 Å². The first-order valence-corrected chi connectivity index (χ1v) is 7.92. The molecule has 102 valence electrons. The molecule has 0 aromatic rings. The second-order valence-electron chi connectivity index (χ2n) is 3.21. The normalized spacial score (nSPS) is 10.5. The van der Waals surface area contributed by atoms with Gasteiger partial charge in [0.25, 0.3) is 0 Å². The van der Waals surface area contributed by atoms with E-state index in [9.17, 15) is 33.8 Å². The maximum absolute atomic E-state index is 10.7. The van der Waals surface area contributed by atoms with Crippen LogP contribution in [0.1, 0.15) is 6.42 Å². The van der Waals surface area contributed by atoms with E-state index >= 15 is 0 Å². The van der Waals surface area contributed by atoms with Crippen LogP contribution in [0, 0.1) is 0 Å². The number of thiocarbonyl (C=S) groups is 1. The average Bonchev–Trinajstić information content (AvgIpc) is 2.09. The Labute approximate surface area is 250 Å². The fraction of sp³-hybridized carbons (Fsp3) is 0.800. The molecule has 0 bridgehead atoms. The van der Waals surface area contributed by atoms with E-state index in [0.717, 1.165) is 4.90 Å². The molecule has 0 aliphatic carbocycles. The Morgan fingerprint density at radius 2 is 1.36 bits per heavy atom. The average molecular weight is 435 g/mol. The fourth-order valence-corrected chi connectivity index (χ4v) is 2.96. The van der Waals surface area contributed by atoms with Crippen LogP contribution in [0.5, 0.6) is 0 Å². The molecule has 0 aromatic heterocycles. The van der Waals surface area contributed by atoms with Crippen molar-refractivity contribution in [2.45, 2.75) is 11.5 Å². The summed E-state index contributed by atoms with van der Waals surface area (Å²) in [5.41, 5.74) is 0. The van der Waals surface area contributed by atoms with Crippen molar-refractivity contribution in [1.82, 2.24) is 4.90 Å². The molecule has 0 unspecified atom stereocenters. The molecule has 0 amide bonds. The summed E-state index contributed by atoms with van der Waals surface area (Å²) in [6.45, 7) is -0.457. The Bertz CT molecular complexity index is 385. The Balaban J connectivity index is -0.000000128. The fourth-order valence-electron chi connectivity index (χ4n) is 0.833. The molecular weight excluding hydrogens is 427 g/mol. The molecule has 0 aliphatic rings. The predicted molar refractivity (Wildman–Crippen MR) is 57.4 cm³/mol. The number of rotatable bonds is 5. The molecule has 0 spiro atoms. The third-order valence-electron chi connectivity index (χ3n) is 1.97. The van der Waals surface area contributed by atoms with Crippen molar-refractivity contribution in [3.8, 4) is 0 Å². The van der Waals surface area contributed by atoms with Gasteiger partial charge >= 0.3 is 148 Å². The van der Waals surface area contributed by atoms with Crippen LogP contribution >= 0.6 is 27.4 Å². The Morgan fingerprint density at radius 3 is 1.55 bits per heavy atom. The molecule has 0 saturated heterocycles. The van der Waals surface area contributed by atoms with E-state index in [1.54, 1.807) is 0 Å². The predicted octanol–water partition coefficient (Wildman–Crippen LogP) is -18.4. The van der Waals surface area contributed by atoms with Crippen LogP contribution in [0.2, 0.25) is 0 Å². The number of hydrogen-bond donors (Lipinski definition) is 1. The number of nitrogens with zero attached hydrogens (tertiary/aromatic N) is 1. The molecule has 0 heterocycles. The largest absolute Gasteiger partial charge is 1.00 e. The first-order chi connectivity index (χ1) is 7.33. The zero-order valence-electron chi connectivity index (χ0n) is 13.5. The van der Waals surface area contributed by atoms with Crippen LogP contribution in [0.3, 0.4) is 0 Å². The minimum absolute atomic E-state index is 0. The molecule has 22 heavy (non-hydrogen) atoms. The van der Waals surface area contributed by atoms with E-state index in [4.69, 9.17) is 0 Å². The molecule has 0 fully saturated rings. The zero-order valence-corrected chi connectivity index (χ0v) is 26.9. The number of aliphatic hydroxyl groups is 1. The second-order valence-corrected chi connectivity index (χ2v) is 8.06. The SMILES string of the molecule is CN(CCC(O)(P(=O)([O-])[O-])P(=O)([O-])[O-])C(=S)[S-].[Na+].[Na+].[Na+].[Na+].[Na+]. The summed E-state index contributed by atoms with van der Waals surface area (Å²) < 4.78 is 21.2. The van der Waals surface area contributed by atoms with Crippen molar-refractivity contribution in [2.75, 3.05) is 13.6 Å². The Kier molecular flexibility index (Phi) is 32.7. The van der Waals surface area contributed by atoms with Crippen molar-refractivity contribution < 1.29 is 182 Å². The summed E-state index contributed by atoms with van der Waals surface area (Å²) in [5, 5.41) is 5.37. The summed E-state index contributed by atoms with van der Waals surface area (Å²) in [5.74, 6) is 0. The van der Waals surface area contributed by atoms with Gasteiger partial charge in [0.1, 0.15) is 5.08 Å². The third-order valence-corrected chi connectivity index (χ3v) is 6.27. The van der Waals surface area contributed by atoms with Gasteiger partial charge in [-0.3, -0.25) is 0 Å². The van der Waals surface area contributed by atoms with Gasteiger partial charge in [-0.25, -0.2) is 0 Å². The van der Waals surface area contributed by atoms with Crippen LogP contribution in [0.15, 0.2) is 0 Å². The minimum atomic E-state index is -6.03. The number of hydrogen-bond acceptors (Lipinski definition) is 9. The van der Waals surface area contributed by atoms with Gasteiger partial charge in [0, 0.05) is 20.0 Å². The Morgan fingerprint density at radius 1 is 1.09 bits per heavy atom. The first kappa shape index (κ1) is 41.7. The molecular formula is C5H8NNa5O7P2S2. The molecule has 1 N–H and O–H groups in total. The molecule has 8 nitrogen and oxygen atoms in total. The van der Waals surface area contributed by atoms with Crippen LogP contribution in [-0.2, 0) is 21.8 Å². The standard InChI is InChI=1S/C5H13NO7P2S2.5Na/c1-6(4(16)17)3-2-5(7,14(8,9)10)15(11,12)13;;;;;/h7H,2-3H2,1H3,(H,16,17)(H2,8,9,10)(H2,11,12,13);;;;;/q;5*+1/p-5. The summed E-state index contributed by atoms with van der Waals surface area (Å²) in [6, 6.07) is 0. The van der Waals surface area contributed by atoms with Crippen molar-refractivity contribution in [1.29, 1.82) is 0 Å². The van der Waals surface area contributed by atoms with Gasteiger partial charge in [-0.15, -0.1) is 0 Å². The third kappa shape index (κ3) is 13.5. The van der Waals surface area contributed by atoms with Gasteiger partial charge in [0.15, 0.2) is 0 Å². The molecule has 0 aliphatic heterocycles. The summed E-state index contributed by atoms with van der Waals surface area (Å²) >= 11 is 9.00. The molecule has 0 aromatic carbocycles. The van der Waals surface area contributed by atoms with E-state index in [2.05, 4.69) is 24.8 Å².